The molecule has 0 radical (unpaired) electrons. The zero-order valence-corrected chi connectivity index (χ0v) is 22.5. The lowest BCUT2D eigenvalue weighted by atomic mass is 10.1. The summed E-state index contributed by atoms with van der Waals surface area (Å²) in [6.45, 7) is 15.9. The second kappa shape index (κ2) is 12.7. The fraction of sp³-hybridized carbons (Fsp3) is 0.655. The third-order valence-electron chi connectivity index (χ3n) is 8.44. The first-order valence-electron chi connectivity index (χ1n) is 14.2. The van der Waals surface area contributed by atoms with Gasteiger partial charge in [0.25, 0.3) is 0 Å². The van der Waals surface area contributed by atoms with E-state index in [4.69, 9.17) is 0 Å². The number of quaternary nitrogens is 2. The maximum absolute atomic E-state index is 2.46. The summed E-state index contributed by atoms with van der Waals surface area (Å²) in [4.78, 5) is 0. The van der Waals surface area contributed by atoms with Gasteiger partial charge in [-0.05, 0) is 37.1 Å². The molecular weight excluding hydrogens is 432 g/mol. The predicted molar refractivity (Wildman–Crippen MR) is 141 cm³/mol. The Morgan fingerprint density at radius 1 is 0.714 bits per heavy atom. The average Bonchev–Trinajstić information content (AvgIpc) is 3.52. The standard InChI is InChI=1S/C29H50N6/c1-3-4-5-6-7-8-13-32-18-19-33(29-32)15-10-12-21-35-25-22-34(23-26-35,24-27-35)20-11-9-14-31-17-16-30(2)28-31/h9-12,16-19,28-29H,3-8,13-15,20-27H2,1-2H3/q+4/b11-9+,12-10+. The summed E-state index contributed by atoms with van der Waals surface area (Å²) in [6, 6.07) is 0. The molecule has 2 aromatic rings. The maximum atomic E-state index is 2.46. The number of nitrogens with zero attached hydrogens (tertiary/aromatic N) is 6. The largest absolute Gasteiger partial charge is 0.306 e. The highest BCUT2D eigenvalue weighted by molar-refractivity contribution is 4.85. The lowest BCUT2D eigenvalue weighted by Gasteiger charge is -2.55. The van der Waals surface area contributed by atoms with E-state index in [1.807, 2.05) is 0 Å². The van der Waals surface area contributed by atoms with E-state index in [0.29, 0.717) is 0 Å². The van der Waals surface area contributed by atoms with Crippen LogP contribution in [0.5, 0.6) is 0 Å². The zero-order chi connectivity index (χ0) is 24.4. The van der Waals surface area contributed by atoms with Crippen LogP contribution in [0.4, 0.5) is 0 Å². The number of aryl methyl sites for hydroxylation is 2. The van der Waals surface area contributed by atoms with Gasteiger partial charge in [-0.2, -0.15) is 0 Å². The maximum Gasteiger partial charge on any atom is 0.244 e. The van der Waals surface area contributed by atoms with Gasteiger partial charge >= 0.3 is 0 Å². The van der Waals surface area contributed by atoms with Crippen LogP contribution in [0, 0.1) is 0 Å². The van der Waals surface area contributed by atoms with E-state index in [-0.39, 0.29) is 0 Å². The summed E-state index contributed by atoms with van der Waals surface area (Å²) in [5.74, 6) is 0. The van der Waals surface area contributed by atoms with E-state index < -0.39 is 0 Å². The summed E-state index contributed by atoms with van der Waals surface area (Å²) in [6.07, 6.45) is 30.9. The molecule has 0 N–H and O–H groups in total. The first-order valence-corrected chi connectivity index (χ1v) is 14.2. The molecule has 0 saturated carbocycles. The molecule has 0 aromatic carbocycles. The Morgan fingerprint density at radius 2 is 1.34 bits per heavy atom. The van der Waals surface area contributed by atoms with Crippen LogP contribution in [-0.2, 0) is 26.7 Å². The highest BCUT2D eigenvalue weighted by Gasteiger charge is 2.47. The molecule has 192 valence electrons. The number of rotatable bonds is 15. The lowest BCUT2D eigenvalue weighted by Crippen LogP contribution is -2.74. The zero-order valence-electron chi connectivity index (χ0n) is 22.5. The number of imidazole rings is 2. The van der Waals surface area contributed by atoms with Crippen LogP contribution in [0.15, 0.2) is 61.7 Å². The van der Waals surface area contributed by atoms with Gasteiger partial charge in [0.1, 0.15) is 77.1 Å². The Balaban J connectivity index is 1.13. The molecule has 2 bridgehead atoms. The molecule has 0 amide bonds. The molecule has 3 aliphatic rings. The summed E-state index contributed by atoms with van der Waals surface area (Å²) in [7, 11) is 2.08. The third kappa shape index (κ3) is 7.65. The molecule has 0 atom stereocenters. The summed E-state index contributed by atoms with van der Waals surface area (Å²) < 4.78 is 11.6. The topological polar surface area (TPSA) is 17.6 Å². The molecule has 3 saturated heterocycles. The molecule has 35 heavy (non-hydrogen) atoms. The van der Waals surface area contributed by atoms with E-state index in [2.05, 4.69) is 94.0 Å². The smallest absolute Gasteiger partial charge is 0.244 e. The summed E-state index contributed by atoms with van der Waals surface area (Å²) >= 11 is 0. The quantitative estimate of drug-likeness (QED) is 0.161. The molecule has 6 nitrogen and oxygen atoms in total. The number of hydrogen-bond acceptors (Lipinski definition) is 0. The van der Waals surface area contributed by atoms with Crippen molar-refractivity contribution in [3.63, 3.8) is 0 Å². The predicted octanol–water partition coefficient (Wildman–Crippen LogP) is 3.24. The second-order valence-electron chi connectivity index (χ2n) is 11.2. The molecule has 0 unspecified atom stereocenters. The minimum Gasteiger partial charge on any atom is -0.306 e. The van der Waals surface area contributed by atoms with Crippen molar-refractivity contribution in [2.45, 2.75) is 65.1 Å². The van der Waals surface area contributed by atoms with Gasteiger partial charge < -0.3 is 8.97 Å². The molecule has 0 spiro atoms. The van der Waals surface area contributed by atoms with Crippen molar-refractivity contribution >= 4 is 0 Å². The Kier molecular flexibility index (Phi) is 9.38. The van der Waals surface area contributed by atoms with Gasteiger partial charge in [-0.1, -0.05) is 32.6 Å². The minimum atomic E-state index is 0.978. The van der Waals surface area contributed by atoms with E-state index in [1.165, 1.54) is 99.8 Å². The van der Waals surface area contributed by atoms with Crippen molar-refractivity contribution in [1.29, 1.82) is 0 Å². The molecule has 5 heterocycles. The Morgan fingerprint density at radius 3 is 2.00 bits per heavy atom. The van der Waals surface area contributed by atoms with Crippen molar-refractivity contribution in [2.75, 3.05) is 52.4 Å². The monoisotopic (exact) mass is 482 g/mol. The molecule has 0 aliphatic carbocycles. The number of piperazine rings is 3. The number of hydrogen-bond donors (Lipinski definition) is 0. The first kappa shape index (κ1) is 25.9. The molecular formula is C29H50N6+4. The van der Waals surface area contributed by atoms with E-state index >= 15 is 0 Å². The number of allylic oxidation sites excluding steroid dienone is 2. The van der Waals surface area contributed by atoms with Crippen molar-refractivity contribution < 1.29 is 18.1 Å². The number of unbranched alkanes of at least 4 members (excludes halogenated alkanes) is 5. The Hall–Kier alpha value is -2.18. The molecule has 2 aromatic heterocycles. The van der Waals surface area contributed by atoms with Crippen LogP contribution in [0.25, 0.3) is 0 Å². The molecule has 6 heteroatoms. The van der Waals surface area contributed by atoms with Crippen molar-refractivity contribution in [2.24, 2.45) is 7.05 Å². The fourth-order valence-electron chi connectivity index (χ4n) is 5.84. The van der Waals surface area contributed by atoms with Crippen LogP contribution in [0.3, 0.4) is 0 Å². The average molecular weight is 483 g/mol. The van der Waals surface area contributed by atoms with Gasteiger partial charge in [0, 0.05) is 0 Å². The summed E-state index contributed by atoms with van der Waals surface area (Å²) in [5.41, 5.74) is 0. The van der Waals surface area contributed by atoms with Gasteiger partial charge in [0.05, 0.1) is 26.7 Å². The SMILES string of the molecule is CCCCCCCCn1cc[n+](C/C=C/C[N+]23CC[N+](C/C=C/Cn4cc[n+](C)c4)(CC2)CC3)c1. The first-order chi connectivity index (χ1) is 17.1. The third-order valence-corrected chi connectivity index (χ3v) is 8.44. The van der Waals surface area contributed by atoms with Crippen LogP contribution < -0.4 is 9.13 Å². The minimum absolute atomic E-state index is 0.978. The normalized spacial score (nSPS) is 24.3. The second-order valence-corrected chi connectivity index (χ2v) is 11.2. The van der Waals surface area contributed by atoms with Gasteiger partial charge in [-0.25, -0.2) is 18.3 Å². The number of aromatic nitrogens is 4. The van der Waals surface area contributed by atoms with Crippen LogP contribution in [0.2, 0.25) is 0 Å². The van der Waals surface area contributed by atoms with Gasteiger partial charge in [-0.3, -0.25) is 0 Å². The van der Waals surface area contributed by atoms with Gasteiger partial charge in [0.2, 0.25) is 12.7 Å². The van der Waals surface area contributed by atoms with E-state index in [9.17, 15) is 0 Å². The van der Waals surface area contributed by atoms with E-state index in [0.717, 1.165) is 19.6 Å². The molecule has 3 aliphatic heterocycles. The Labute approximate surface area is 213 Å². The number of fused-ring (bicyclic) bond motifs is 3. The molecule has 3 fully saturated rings. The van der Waals surface area contributed by atoms with Gasteiger partial charge in [0.15, 0.2) is 0 Å². The van der Waals surface area contributed by atoms with Crippen molar-refractivity contribution in [3.8, 4) is 0 Å². The van der Waals surface area contributed by atoms with Crippen molar-refractivity contribution in [3.05, 3.63) is 61.7 Å². The highest BCUT2D eigenvalue weighted by Crippen LogP contribution is 2.26. The van der Waals surface area contributed by atoms with E-state index in [1.54, 1.807) is 0 Å². The fourth-order valence-corrected chi connectivity index (χ4v) is 5.84. The summed E-state index contributed by atoms with van der Waals surface area (Å²) in [5, 5.41) is 0. The van der Waals surface area contributed by atoms with Gasteiger partial charge in [-0.15, -0.1) is 0 Å². The Bertz CT molecular complexity index is 928. The lowest BCUT2D eigenvalue weighted by molar-refractivity contribution is -1.08. The van der Waals surface area contributed by atoms with Crippen molar-refractivity contribution in [1.82, 2.24) is 9.13 Å². The highest BCUT2D eigenvalue weighted by atomic mass is 15.5. The van der Waals surface area contributed by atoms with Crippen LogP contribution in [0.1, 0.15) is 45.4 Å². The van der Waals surface area contributed by atoms with Crippen LogP contribution in [-0.4, -0.2) is 70.5 Å². The molecule has 5 rings (SSSR count). The van der Waals surface area contributed by atoms with Crippen LogP contribution >= 0.6 is 0 Å².